The topological polar surface area (TPSA) is 55.1 Å². The Balaban J connectivity index is 2.85. The van der Waals surface area contributed by atoms with Gasteiger partial charge in [-0.2, -0.15) is 0 Å². The van der Waals surface area contributed by atoms with E-state index in [2.05, 4.69) is 25.2 Å². The molecule has 1 amide bonds. The number of nitrogens with one attached hydrogen (secondary N) is 1. The number of anilines is 1. The number of carbonyl (C=O) groups is 1. The molecule has 1 rings (SSSR count). The molecule has 17 heavy (non-hydrogen) atoms. The molecule has 0 radical (unpaired) electrons. The van der Waals surface area contributed by atoms with Crippen molar-refractivity contribution in [2.24, 2.45) is 5.73 Å². The summed E-state index contributed by atoms with van der Waals surface area (Å²) in [6, 6.07) is 6.11. The second-order valence-corrected chi connectivity index (χ2v) is 4.63. The van der Waals surface area contributed by atoms with Crippen molar-refractivity contribution in [3.63, 3.8) is 0 Å². The van der Waals surface area contributed by atoms with Crippen molar-refractivity contribution < 1.29 is 4.79 Å². The Morgan fingerprint density at radius 3 is 2.71 bits per heavy atom. The Kier molecular flexibility index (Phi) is 5.16. The molecule has 0 spiro atoms. The van der Waals surface area contributed by atoms with Crippen LogP contribution in [0.1, 0.15) is 43.7 Å². The van der Waals surface area contributed by atoms with Gasteiger partial charge in [-0.05, 0) is 36.9 Å². The number of hydrogen-bond acceptors (Lipinski definition) is 2. The zero-order chi connectivity index (χ0) is 12.8. The molecule has 0 fully saturated rings. The zero-order valence-electron chi connectivity index (χ0n) is 10.9. The number of rotatable bonds is 5. The van der Waals surface area contributed by atoms with Crippen LogP contribution in [0.4, 0.5) is 5.69 Å². The first-order chi connectivity index (χ1) is 8.06. The van der Waals surface area contributed by atoms with E-state index in [4.69, 9.17) is 5.73 Å². The molecule has 0 heterocycles. The number of hydrogen-bond donors (Lipinski definition) is 2. The molecule has 0 aliphatic carbocycles. The van der Waals surface area contributed by atoms with Gasteiger partial charge in [0, 0.05) is 12.1 Å². The summed E-state index contributed by atoms with van der Waals surface area (Å²) in [5.74, 6) is 0.450. The molecule has 0 atom stereocenters. The van der Waals surface area contributed by atoms with Gasteiger partial charge in [0.25, 0.3) is 0 Å². The molecule has 1 aromatic carbocycles. The molecule has 0 aliphatic heterocycles. The second kappa shape index (κ2) is 6.40. The maximum Gasteiger partial charge on any atom is 0.224 e. The lowest BCUT2D eigenvalue weighted by Gasteiger charge is -2.16. The van der Waals surface area contributed by atoms with Crippen LogP contribution in [-0.2, 0) is 4.79 Å². The summed E-state index contributed by atoms with van der Waals surface area (Å²) < 4.78 is 0. The van der Waals surface area contributed by atoms with Crippen molar-refractivity contribution in [2.75, 3.05) is 11.9 Å². The fourth-order valence-electron chi connectivity index (χ4n) is 1.81. The number of benzene rings is 1. The van der Waals surface area contributed by atoms with Crippen LogP contribution in [-0.4, -0.2) is 12.5 Å². The second-order valence-electron chi connectivity index (χ2n) is 4.63. The summed E-state index contributed by atoms with van der Waals surface area (Å²) in [5, 5.41) is 3.00. The van der Waals surface area contributed by atoms with Gasteiger partial charge in [-0.3, -0.25) is 4.79 Å². The lowest BCUT2D eigenvalue weighted by Crippen LogP contribution is -2.15. The Morgan fingerprint density at radius 2 is 2.12 bits per heavy atom. The maximum atomic E-state index is 11.7. The fourth-order valence-corrected chi connectivity index (χ4v) is 1.81. The molecule has 1 aromatic rings. The van der Waals surface area contributed by atoms with Crippen LogP contribution < -0.4 is 11.1 Å². The van der Waals surface area contributed by atoms with Crippen LogP contribution in [0.15, 0.2) is 18.2 Å². The minimum atomic E-state index is 0.0478. The van der Waals surface area contributed by atoms with Crippen molar-refractivity contribution in [3.05, 3.63) is 29.3 Å². The molecular formula is C14H22N2O. The van der Waals surface area contributed by atoms with E-state index < -0.39 is 0 Å². The Labute approximate surface area is 103 Å². The molecular weight excluding hydrogens is 212 g/mol. The van der Waals surface area contributed by atoms with Crippen molar-refractivity contribution in [3.8, 4) is 0 Å². The quantitative estimate of drug-likeness (QED) is 0.823. The SMILES string of the molecule is Cc1cccc(C(C)C)c1NC(=O)CCCN. The first-order valence-corrected chi connectivity index (χ1v) is 6.15. The van der Waals surface area contributed by atoms with E-state index in [0.717, 1.165) is 17.7 Å². The van der Waals surface area contributed by atoms with E-state index in [9.17, 15) is 4.79 Å². The van der Waals surface area contributed by atoms with Gasteiger partial charge >= 0.3 is 0 Å². The molecule has 94 valence electrons. The third-order valence-electron chi connectivity index (χ3n) is 2.80. The van der Waals surface area contributed by atoms with E-state index in [1.54, 1.807) is 0 Å². The zero-order valence-corrected chi connectivity index (χ0v) is 10.9. The van der Waals surface area contributed by atoms with Crippen LogP contribution in [0, 0.1) is 6.92 Å². The van der Waals surface area contributed by atoms with Gasteiger partial charge in [0.05, 0.1) is 0 Å². The number of aryl methyl sites for hydroxylation is 1. The van der Waals surface area contributed by atoms with E-state index >= 15 is 0 Å². The van der Waals surface area contributed by atoms with Gasteiger partial charge < -0.3 is 11.1 Å². The highest BCUT2D eigenvalue weighted by molar-refractivity contribution is 5.92. The van der Waals surface area contributed by atoms with Crippen LogP contribution in [0.3, 0.4) is 0 Å². The molecule has 0 saturated heterocycles. The first kappa shape index (κ1) is 13.7. The van der Waals surface area contributed by atoms with Gasteiger partial charge in [-0.25, -0.2) is 0 Å². The fraction of sp³-hybridized carbons (Fsp3) is 0.500. The van der Waals surface area contributed by atoms with Crippen molar-refractivity contribution in [2.45, 2.75) is 39.5 Å². The molecule has 3 nitrogen and oxygen atoms in total. The number of amides is 1. The minimum Gasteiger partial charge on any atom is -0.330 e. The Morgan fingerprint density at radius 1 is 1.41 bits per heavy atom. The summed E-state index contributed by atoms with van der Waals surface area (Å²) in [5.41, 5.74) is 8.66. The van der Waals surface area contributed by atoms with Gasteiger partial charge in [-0.15, -0.1) is 0 Å². The normalized spacial score (nSPS) is 10.6. The Hall–Kier alpha value is -1.35. The predicted octanol–water partition coefficient (Wildman–Crippen LogP) is 2.80. The Bertz CT molecular complexity index is 386. The summed E-state index contributed by atoms with van der Waals surface area (Å²) in [6.45, 7) is 6.83. The summed E-state index contributed by atoms with van der Waals surface area (Å²) in [6.07, 6.45) is 1.22. The van der Waals surface area contributed by atoms with Crippen LogP contribution >= 0.6 is 0 Å². The molecule has 0 saturated carbocycles. The third kappa shape index (κ3) is 3.86. The molecule has 0 bridgehead atoms. The number of nitrogens with two attached hydrogens (primary N) is 1. The van der Waals surface area contributed by atoms with E-state index in [-0.39, 0.29) is 5.91 Å². The van der Waals surface area contributed by atoms with Crippen LogP contribution in [0.5, 0.6) is 0 Å². The maximum absolute atomic E-state index is 11.7. The molecule has 0 unspecified atom stereocenters. The highest BCUT2D eigenvalue weighted by Crippen LogP contribution is 2.27. The highest BCUT2D eigenvalue weighted by Gasteiger charge is 2.11. The average molecular weight is 234 g/mol. The lowest BCUT2D eigenvalue weighted by molar-refractivity contribution is -0.116. The average Bonchev–Trinajstić information content (AvgIpc) is 2.28. The van der Waals surface area contributed by atoms with Crippen molar-refractivity contribution in [1.29, 1.82) is 0 Å². The van der Waals surface area contributed by atoms with Gasteiger partial charge in [0.2, 0.25) is 5.91 Å². The van der Waals surface area contributed by atoms with Gasteiger partial charge in [0.1, 0.15) is 0 Å². The molecule has 0 aromatic heterocycles. The largest absolute Gasteiger partial charge is 0.330 e. The monoisotopic (exact) mass is 234 g/mol. The number of para-hydroxylation sites is 1. The molecule has 3 N–H and O–H groups in total. The standard InChI is InChI=1S/C14H22N2O/c1-10(2)12-7-4-6-11(3)14(12)16-13(17)8-5-9-15/h4,6-7,10H,5,8-9,15H2,1-3H3,(H,16,17). The predicted molar refractivity (Wildman–Crippen MR) is 72.2 cm³/mol. The summed E-state index contributed by atoms with van der Waals surface area (Å²) in [7, 11) is 0. The summed E-state index contributed by atoms with van der Waals surface area (Å²) >= 11 is 0. The highest BCUT2D eigenvalue weighted by atomic mass is 16.1. The lowest BCUT2D eigenvalue weighted by atomic mass is 9.98. The van der Waals surface area contributed by atoms with Gasteiger partial charge in [0.15, 0.2) is 0 Å². The van der Waals surface area contributed by atoms with E-state index in [0.29, 0.717) is 18.9 Å². The van der Waals surface area contributed by atoms with Crippen molar-refractivity contribution >= 4 is 11.6 Å². The first-order valence-electron chi connectivity index (χ1n) is 6.15. The molecule has 0 aliphatic rings. The van der Waals surface area contributed by atoms with Crippen molar-refractivity contribution in [1.82, 2.24) is 0 Å². The van der Waals surface area contributed by atoms with E-state index in [1.807, 2.05) is 19.1 Å². The van der Waals surface area contributed by atoms with Crippen LogP contribution in [0.25, 0.3) is 0 Å². The third-order valence-corrected chi connectivity index (χ3v) is 2.80. The number of carbonyl (C=O) groups excluding carboxylic acids is 1. The summed E-state index contributed by atoms with van der Waals surface area (Å²) in [4.78, 5) is 11.7. The smallest absolute Gasteiger partial charge is 0.224 e. The minimum absolute atomic E-state index is 0.0478. The van der Waals surface area contributed by atoms with Gasteiger partial charge in [-0.1, -0.05) is 32.0 Å². The molecule has 3 heteroatoms. The van der Waals surface area contributed by atoms with E-state index in [1.165, 1.54) is 5.56 Å². The van der Waals surface area contributed by atoms with Crippen LogP contribution in [0.2, 0.25) is 0 Å².